The topological polar surface area (TPSA) is 65.8 Å². The maximum atomic E-state index is 14.1. The average Bonchev–Trinajstić information content (AvgIpc) is 3.12. The summed E-state index contributed by atoms with van der Waals surface area (Å²) in [4.78, 5) is 18.3. The van der Waals surface area contributed by atoms with Crippen LogP contribution < -0.4 is 9.80 Å². The van der Waals surface area contributed by atoms with Crippen LogP contribution in [0.4, 0.5) is 17.1 Å². The molecule has 2 aromatic carbocycles. The Hall–Kier alpha value is -2.59. The molecule has 2 aromatic rings. The Labute approximate surface area is 212 Å². The van der Waals surface area contributed by atoms with Gasteiger partial charge < -0.3 is 14.4 Å². The first kappa shape index (κ1) is 24.1. The number of methoxy groups -OCH3 is 2. The van der Waals surface area contributed by atoms with Crippen molar-refractivity contribution in [3.05, 3.63) is 52.5 Å². The lowest BCUT2D eigenvalue weighted by Gasteiger charge is -2.36. The molecule has 35 heavy (non-hydrogen) atoms. The number of rotatable bonds is 5. The molecule has 184 valence electrons. The minimum Gasteiger partial charge on any atom is -0.371 e. The highest BCUT2D eigenvalue weighted by molar-refractivity contribution is 6.32. The number of fused-ring (bicyclic) bond motifs is 2. The smallest absolute Gasteiger partial charge is 0.242 e. The van der Waals surface area contributed by atoms with Gasteiger partial charge in [0.2, 0.25) is 5.91 Å². The summed E-state index contributed by atoms with van der Waals surface area (Å²) < 4.78 is 11.0. The van der Waals surface area contributed by atoms with Crippen molar-refractivity contribution in [3.63, 3.8) is 0 Å². The summed E-state index contributed by atoms with van der Waals surface area (Å²) in [7, 11) is 3.39. The molecule has 2 aliphatic heterocycles. The minimum absolute atomic E-state index is 0.0739. The highest BCUT2D eigenvalue weighted by Crippen LogP contribution is 2.54. The van der Waals surface area contributed by atoms with Gasteiger partial charge in [-0.25, -0.2) is 0 Å². The molecule has 2 fully saturated rings. The molecular weight excluding hydrogens is 462 g/mol. The van der Waals surface area contributed by atoms with E-state index in [-0.39, 0.29) is 12.2 Å². The normalized spacial score (nSPS) is 19.9. The molecule has 1 saturated carbocycles. The van der Waals surface area contributed by atoms with E-state index in [1.807, 2.05) is 12.1 Å². The molecule has 1 amide bonds. The predicted molar refractivity (Wildman–Crippen MR) is 137 cm³/mol. The standard InChI is InChI=1S/C28H32ClN3O3/c1-34-26(35-2)19-11-15-31(16-12-19)20-9-10-22-25(17-20)32(24-8-6-7-23(29)21(24)18-30)27(33)28(22)13-4-3-5-14-28/h6-10,17,19,26H,3-5,11-16H2,1-2H3. The third kappa shape index (κ3) is 4.00. The molecule has 0 aromatic heterocycles. The van der Waals surface area contributed by atoms with Crippen LogP contribution in [0, 0.1) is 17.2 Å². The van der Waals surface area contributed by atoms with E-state index >= 15 is 0 Å². The van der Waals surface area contributed by atoms with E-state index in [0.717, 1.165) is 75.0 Å². The molecule has 7 heteroatoms. The van der Waals surface area contributed by atoms with Crippen molar-refractivity contribution in [3.8, 4) is 6.07 Å². The maximum Gasteiger partial charge on any atom is 0.242 e. The second-order valence-electron chi connectivity index (χ2n) is 9.89. The second-order valence-corrected chi connectivity index (χ2v) is 10.3. The van der Waals surface area contributed by atoms with Crippen molar-refractivity contribution in [2.45, 2.75) is 56.7 Å². The number of hydrogen-bond acceptors (Lipinski definition) is 5. The average molecular weight is 494 g/mol. The van der Waals surface area contributed by atoms with Crippen LogP contribution in [0.2, 0.25) is 5.02 Å². The summed E-state index contributed by atoms with van der Waals surface area (Å²) in [5.41, 5.74) is 3.48. The number of nitriles is 1. The van der Waals surface area contributed by atoms with Gasteiger partial charge in [-0.05, 0) is 55.5 Å². The number of amides is 1. The molecular formula is C28H32ClN3O3. The number of piperidine rings is 1. The molecule has 2 heterocycles. The summed E-state index contributed by atoms with van der Waals surface area (Å²) in [5.74, 6) is 0.439. The van der Waals surface area contributed by atoms with Gasteiger partial charge in [-0.3, -0.25) is 9.69 Å². The largest absolute Gasteiger partial charge is 0.371 e. The number of hydrogen-bond donors (Lipinski definition) is 0. The first-order valence-electron chi connectivity index (χ1n) is 12.5. The highest BCUT2D eigenvalue weighted by Gasteiger charge is 2.52. The number of ether oxygens (including phenoxy) is 2. The van der Waals surface area contributed by atoms with Gasteiger partial charge in [-0.15, -0.1) is 0 Å². The minimum atomic E-state index is -0.516. The third-order valence-electron chi connectivity index (χ3n) is 8.16. The lowest BCUT2D eigenvalue weighted by molar-refractivity contribution is -0.141. The summed E-state index contributed by atoms with van der Waals surface area (Å²) in [6.45, 7) is 1.79. The van der Waals surface area contributed by atoms with Crippen LogP contribution in [0.15, 0.2) is 36.4 Å². The monoisotopic (exact) mass is 493 g/mol. The fourth-order valence-corrected chi connectivity index (χ4v) is 6.56. The van der Waals surface area contributed by atoms with Crippen molar-refractivity contribution in [2.75, 3.05) is 37.1 Å². The lowest BCUT2D eigenvalue weighted by Crippen LogP contribution is -2.40. The lowest BCUT2D eigenvalue weighted by atomic mass is 9.70. The van der Waals surface area contributed by atoms with E-state index in [9.17, 15) is 10.1 Å². The van der Waals surface area contributed by atoms with Crippen LogP contribution in [0.5, 0.6) is 0 Å². The Kier molecular flexibility index (Phi) is 6.76. The van der Waals surface area contributed by atoms with Gasteiger partial charge in [0, 0.05) is 38.9 Å². The molecule has 6 nitrogen and oxygen atoms in total. The zero-order valence-electron chi connectivity index (χ0n) is 20.4. The molecule has 3 aliphatic rings. The van der Waals surface area contributed by atoms with Gasteiger partial charge in [0.1, 0.15) is 6.07 Å². The molecule has 5 rings (SSSR count). The Morgan fingerprint density at radius 1 is 1.06 bits per heavy atom. The van der Waals surface area contributed by atoms with Crippen LogP contribution >= 0.6 is 11.6 Å². The molecule has 1 aliphatic carbocycles. The molecule has 0 atom stereocenters. The zero-order valence-corrected chi connectivity index (χ0v) is 21.2. The first-order chi connectivity index (χ1) is 17.0. The van der Waals surface area contributed by atoms with Gasteiger partial charge in [0.25, 0.3) is 0 Å². The van der Waals surface area contributed by atoms with E-state index in [1.165, 1.54) is 0 Å². The number of nitrogens with zero attached hydrogens (tertiary/aromatic N) is 3. The molecule has 0 unspecified atom stereocenters. The summed E-state index contributed by atoms with van der Waals surface area (Å²) >= 11 is 6.39. The Morgan fingerprint density at radius 3 is 2.43 bits per heavy atom. The number of carbonyl (C=O) groups is 1. The van der Waals surface area contributed by atoms with Gasteiger partial charge in [-0.1, -0.05) is 43.0 Å². The van der Waals surface area contributed by atoms with Crippen molar-refractivity contribution in [1.29, 1.82) is 5.26 Å². The van der Waals surface area contributed by atoms with Gasteiger partial charge in [0.05, 0.1) is 27.4 Å². The van der Waals surface area contributed by atoms with Gasteiger partial charge in [0.15, 0.2) is 6.29 Å². The Morgan fingerprint density at radius 2 is 1.77 bits per heavy atom. The predicted octanol–water partition coefficient (Wildman–Crippen LogP) is 5.93. The molecule has 1 spiro atoms. The highest BCUT2D eigenvalue weighted by atomic mass is 35.5. The van der Waals surface area contributed by atoms with E-state index in [4.69, 9.17) is 21.1 Å². The molecule has 0 radical (unpaired) electrons. The quantitative estimate of drug-likeness (QED) is 0.483. The SMILES string of the molecule is COC(OC)C1CCN(c2ccc3c(c2)N(c2cccc(Cl)c2C#N)C(=O)C32CCCCC2)CC1. The van der Waals surface area contributed by atoms with E-state index in [1.54, 1.807) is 25.2 Å². The second kappa shape index (κ2) is 9.81. The van der Waals surface area contributed by atoms with E-state index in [0.29, 0.717) is 22.2 Å². The molecule has 0 N–H and O–H groups in total. The van der Waals surface area contributed by atoms with E-state index < -0.39 is 5.41 Å². The van der Waals surface area contributed by atoms with Crippen LogP contribution in [-0.2, 0) is 19.7 Å². The molecule has 1 saturated heterocycles. The van der Waals surface area contributed by atoms with Crippen LogP contribution in [0.1, 0.15) is 56.1 Å². The molecule has 0 bridgehead atoms. The number of halogens is 1. The fourth-order valence-electron chi connectivity index (χ4n) is 6.34. The summed E-state index contributed by atoms with van der Waals surface area (Å²) in [5, 5.41) is 10.2. The van der Waals surface area contributed by atoms with Crippen molar-refractivity contribution < 1.29 is 14.3 Å². The first-order valence-corrected chi connectivity index (χ1v) is 12.9. The van der Waals surface area contributed by atoms with E-state index in [2.05, 4.69) is 29.2 Å². The van der Waals surface area contributed by atoms with Crippen LogP contribution in [0.3, 0.4) is 0 Å². The van der Waals surface area contributed by atoms with Gasteiger partial charge in [-0.2, -0.15) is 5.26 Å². The summed E-state index contributed by atoms with van der Waals surface area (Å²) in [6, 6.07) is 14.0. The summed E-state index contributed by atoms with van der Waals surface area (Å²) in [6.07, 6.45) is 6.69. The van der Waals surface area contributed by atoms with Crippen molar-refractivity contribution in [1.82, 2.24) is 0 Å². The van der Waals surface area contributed by atoms with Crippen molar-refractivity contribution in [2.24, 2.45) is 5.92 Å². The Bertz CT molecular complexity index is 1140. The van der Waals surface area contributed by atoms with Crippen LogP contribution in [-0.4, -0.2) is 39.5 Å². The Balaban J connectivity index is 1.54. The number of anilines is 3. The third-order valence-corrected chi connectivity index (χ3v) is 8.47. The number of carbonyl (C=O) groups excluding carboxylic acids is 1. The number of benzene rings is 2. The maximum absolute atomic E-state index is 14.1. The fraction of sp³-hybridized carbons (Fsp3) is 0.500. The van der Waals surface area contributed by atoms with Crippen molar-refractivity contribution >= 4 is 34.6 Å². The van der Waals surface area contributed by atoms with Gasteiger partial charge >= 0.3 is 0 Å². The zero-order chi connectivity index (χ0) is 24.6. The van der Waals surface area contributed by atoms with Crippen LogP contribution in [0.25, 0.3) is 0 Å².